The quantitative estimate of drug-likeness (QED) is 0.0773. The zero-order chi connectivity index (χ0) is 38.9. The second-order valence-electron chi connectivity index (χ2n) is 13.9. The maximum absolute atomic E-state index is 13.4. The van der Waals surface area contributed by atoms with E-state index in [2.05, 4.69) is 26.2 Å². The van der Waals surface area contributed by atoms with Gasteiger partial charge in [0, 0.05) is 49.3 Å². The molecule has 2 heterocycles. The lowest BCUT2D eigenvalue weighted by atomic mass is 10.0. The van der Waals surface area contributed by atoms with Gasteiger partial charge in [-0.1, -0.05) is 20.3 Å². The number of halogens is 2. The molecule has 0 unspecified atom stereocenters. The molecule has 6 amide bonds. The lowest BCUT2D eigenvalue weighted by molar-refractivity contribution is -0.141. The molecule has 0 spiro atoms. The van der Waals surface area contributed by atoms with Crippen LogP contribution in [0.2, 0.25) is 0 Å². The van der Waals surface area contributed by atoms with Gasteiger partial charge in [-0.15, -0.1) is 23.2 Å². The lowest BCUT2D eigenvalue weighted by Crippen LogP contribution is -2.56. The number of rotatable bonds is 21. The molecule has 0 aliphatic carbocycles. The summed E-state index contributed by atoms with van der Waals surface area (Å²) in [6.45, 7) is 5.76. The monoisotopic (exact) mass is 781 g/mol. The predicted molar refractivity (Wildman–Crippen MR) is 206 cm³/mol. The molecular formula is C36H57Cl2N9O6. The summed E-state index contributed by atoms with van der Waals surface area (Å²) in [7, 11) is 0. The number of unbranched alkanes of at least 4 members (excludes halogenated alkanes) is 1. The first kappa shape index (κ1) is 43.7. The minimum atomic E-state index is -0.944. The van der Waals surface area contributed by atoms with E-state index in [1.165, 1.54) is 9.80 Å². The van der Waals surface area contributed by atoms with E-state index in [-0.39, 0.29) is 18.4 Å². The Morgan fingerprint density at radius 2 is 1.51 bits per heavy atom. The molecule has 1 aromatic carbocycles. The highest BCUT2D eigenvalue weighted by Gasteiger charge is 2.38. The Morgan fingerprint density at radius 3 is 2.11 bits per heavy atom. The van der Waals surface area contributed by atoms with E-state index in [0.717, 1.165) is 12.1 Å². The van der Waals surface area contributed by atoms with Crippen molar-refractivity contribution < 1.29 is 28.8 Å². The number of likely N-dealkylation sites (tertiary alicyclic amines) is 2. The topological polar surface area (TPSA) is 212 Å². The first-order valence-electron chi connectivity index (χ1n) is 18.6. The molecule has 1 aromatic rings. The van der Waals surface area contributed by atoms with Crippen molar-refractivity contribution in [1.29, 1.82) is 0 Å². The summed E-state index contributed by atoms with van der Waals surface area (Å²) >= 11 is 11.8. The van der Waals surface area contributed by atoms with Crippen molar-refractivity contribution in [2.45, 2.75) is 89.4 Å². The Hall–Kier alpha value is -3.66. The summed E-state index contributed by atoms with van der Waals surface area (Å²) < 4.78 is 0. The van der Waals surface area contributed by atoms with Crippen LogP contribution in [0.3, 0.4) is 0 Å². The van der Waals surface area contributed by atoms with E-state index in [1.807, 2.05) is 38.1 Å². The summed E-state index contributed by atoms with van der Waals surface area (Å²) in [5, 5.41) is 10.8. The van der Waals surface area contributed by atoms with E-state index >= 15 is 0 Å². The largest absolute Gasteiger partial charge is 0.376 e. The summed E-state index contributed by atoms with van der Waals surface area (Å²) in [5.74, 6) is -1.97. The highest BCUT2D eigenvalue weighted by molar-refractivity contribution is 6.18. The van der Waals surface area contributed by atoms with Crippen LogP contribution >= 0.6 is 23.2 Å². The molecule has 4 atom stereocenters. The molecule has 0 aromatic heterocycles. The molecule has 2 fully saturated rings. The molecule has 15 nitrogen and oxygen atoms in total. The van der Waals surface area contributed by atoms with Crippen LogP contribution in [0.5, 0.6) is 0 Å². The number of hydrogen-bond acceptors (Lipinski definition) is 10. The molecule has 2 aliphatic heterocycles. The van der Waals surface area contributed by atoms with Gasteiger partial charge in [-0.2, -0.15) is 0 Å². The van der Waals surface area contributed by atoms with E-state index in [1.54, 1.807) is 0 Å². The molecule has 296 valence electrons. The Kier molecular flexibility index (Phi) is 18.6. The van der Waals surface area contributed by atoms with Crippen molar-refractivity contribution in [1.82, 2.24) is 25.8 Å². The molecule has 0 saturated carbocycles. The summed E-state index contributed by atoms with van der Waals surface area (Å²) in [6, 6.07) is 4.13. The predicted octanol–water partition coefficient (Wildman–Crippen LogP) is 1.11. The zero-order valence-electron chi connectivity index (χ0n) is 30.9. The molecular weight excluding hydrogens is 725 g/mol. The van der Waals surface area contributed by atoms with Crippen LogP contribution in [-0.2, 0) is 28.8 Å². The maximum atomic E-state index is 13.4. The normalized spacial score (nSPS) is 18.0. The summed E-state index contributed by atoms with van der Waals surface area (Å²) in [4.78, 5) is 83.6. The van der Waals surface area contributed by atoms with Crippen LogP contribution in [-0.4, -0.2) is 127 Å². The summed E-state index contributed by atoms with van der Waals surface area (Å²) in [6.07, 6.45) is 4.26. The van der Waals surface area contributed by atoms with Crippen LogP contribution in [0.4, 0.5) is 11.4 Å². The number of nitrogens with zero attached hydrogens (tertiary/aromatic N) is 3. The average Bonchev–Trinajstić information content (AvgIpc) is 3.83. The van der Waals surface area contributed by atoms with Crippen molar-refractivity contribution in [3.63, 3.8) is 0 Å². The van der Waals surface area contributed by atoms with Gasteiger partial charge in [0.25, 0.3) is 0 Å². The van der Waals surface area contributed by atoms with Crippen molar-refractivity contribution in [2.75, 3.05) is 67.8 Å². The first-order chi connectivity index (χ1) is 25.4. The minimum absolute atomic E-state index is 0.0320. The second-order valence-corrected chi connectivity index (χ2v) is 14.7. The van der Waals surface area contributed by atoms with E-state index in [0.29, 0.717) is 95.1 Å². The highest BCUT2D eigenvalue weighted by atomic mass is 35.5. The SMILES string of the molecule is CC(C)C[C@H](NC(=O)[C@@H]1CCCN1C(=O)[C@H](N)CCCCN)C(=O)NCC(=O)N1CCC[C@H]1C(=O)NC(=O)CNc1ccc(N(CCCl)CCCl)cc1. The van der Waals surface area contributed by atoms with E-state index < -0.39 is 60.2 Å². The Labute approximate surface area is 322 Å². The third-order valence-corrected chi connectivity index (χ3v) is 9.75. The van der Waals surface area contributed by atoms with Gasteiger partial charge in [-0.25, -0.2) is 0 Å². The third-order valence-electron chi connectivity index (χ3n) is 9.41. The molecule has 0 bridgehead atoms. The average molecular weight is 783 g/mol. The highest BCUT2D eigenvalue weighted by Crippen LogP contribution is 2.21. The summed E-state index contributed by atoms with van der Waals surface area (Å²) in [5.41, 5.74) is 13.3. The maximum Gasteiger partial charge on any atom is 0.249 e. The van der Waals surface area contributed by atoms with E-state index in [4.69, 9.17) is 34.7 Å². The van der Waals surface area contributed by atoms with Gasteiger partial charge >= 0.3 is 0 Å². The fourth-order valence-corrected chi connectivity index (χ4v) is 7.06. The van der Waals surface area contributed by atoms with Crippen molar-refractivity contribution in [2.24, 2.45) is 17.4 Å². The minimum Gasteiger partial charge on any atom is -0.376 e. The molecule has 3 rings (SSSR count). The molecule has 8 N–H and O–H groups in total. The van der Waals surface area contributed by atoms with Gasteiger partial charge in [-0.3, -0.25) is 34.1 Å². The van der Waals surface area contributed by atoms with Crippen molar-refractivity contribution in [3.8, 4) is 0 Å². The number of carbonyl (C=O) groups excluding carboxylic acids is 6. The van der Waals surface area contributed by atoms with Gasteiger partial charge in [0.1, 0.15) is 18.1 Å². The van der Waals surface area contributed by atoms with Gasteiger partial charge in [0.2, 0.25) is 35.4 Å². The van der Waals surface area contributed by atoms with E-state index in [9.17, 15) is 28.8 Å². The number of nitrogens with two attached hydrogens (primary N) is 2. The number of imide groups is 1. The Balaban J connectivity index is 1.50. The number of anilines is 2. The Bertz CT molecular complexity index is 1380. The van der Waals surface area contributed by atoms with Gasteiger partial charge < -0.3 is 42.1 Å². The van der Waals surface area contributed by atoms with Crippen LogP contribution in [0.15, 0.2) is 24.3 Å². The molecule has 53 heavy (non-hydrogen) atoms. The van der Waals surface area contributed by atoms with Crippen LogP contribution in [0.25, 0.3) is 0 Å². The van der Waals surface area contributed by atoms with Crippen LogP contribution in [0.1, 0.15) is 65.2 Å². The van der Waals surface area contributed by atoms with Crippen LogP contribution < -0.4 is 37.6 Å². The number of benzene rings is 1. The van der Waals surface area contributed by atoms with Crippen LogP contribution in [0, 0.1) is 5.92 Å². The molecule has 17 heteroatoms. The number of amides is 6. The fraction of sp³-hybridized carbons (Fsp3) is 0.667. The second kappa shape index (κ2) is 22.5. The fourth-order valence-electron chi connectivity index (χ4n) is 6.66. The van der Waals surface area contributed by atoms with Gasteiger partial charge in [0.15, 0.2) is 0 Å². The third kappa shape index (κ3) is 13.6. The number of nitrogens with one attached hydrogen (secondary N) is 4. The smallest absolute Gasteiger partial charge is 0.249 e. The van der Waals surface area contributed by atoms with Gasteiger partial charge in [-0.05, 0) is 81.7 Å². The molecule has 2 aliphatic rings. The molecule has 2 saturated heterocycles. The first-order valence-corrected chi connectivity index (χ1v) is 19.6. The number of hydrogen-bond donors (Lipinski definition) is 6. The molecule has 0 radical (unpaired) electrons. The Morgan fingerprint density at radius 1 is 0.887 bits per heavy atom. The number of carbonyl (C=O) groups is 6. The zero-order valence-corrected chi connectivity index (χ0v) is 32.4. The van der Waals surface area contributed by atoms with Gasteiger partial charge in [0.05, 0.1) is 19.1 Å². The standard InChI is InChI=1S/C36H57Cl2N9O6/c1-24(2)21-28(43-34(51)30-9-6-18-47(30)36(53)27(40)7-3-4-16-39)33(50)42-23-32(49)46-17-5-8-29(46)35(52)44-31(48)22-41-25-10-12-26(13-11-25)45(19-14-37)20-15-38/h10-13,24,27-30,41H,3-9,14-23,39-40H2,1-2H3,(H,42,50)(H,43,51)(H,44,48,52)/t27-,28+,29+,30+/m1/s1. The van der Waals surface area contributed by atoms with Crippen molar-refractivity contribution >= 4 is 70.0 Å². The lowest BCUT2D eigenvalue weighted by Gasteiger charge is -2.29. The number of alkyl halides is 2. The van der Waals surface area contributed by atoms with Crippen molar-refractivity contribution in [3.05, 3.63) is 24.3 Å².